The van der Waals surface area contributed by atoms with Crippen molar-refractivity contribution in [3.8, 4) is 0 Å². The van der Waals surface area contributed by atoms with Crippen LogP contribution in [-0.4, -0.2) is 133 Å². The summed E-state index contributed by atoms with van der Waals surface area (Å²) < 4.78 is 34.5. The van der Waals surface area contributed by atoms with E-state index >= 15 is 0 Å². The molecular weight excluding hydrogens is 458 g/mol. The molecule has 0 aromatic heterocycles. The van der Waals surface area contributed by atoms with Gasteiger partial charge in [0, 0.05) is 20.2 Å². The van der Waals surface area contributed by atoms with Crippen molar-refractivity contribution >= 4 is 0 Å². The molecule has 200 valence electrons. The molecule has 0 aromatic carbocycles. The summed E-state index contributed by atoms with van der Waals surface area (Å²) in [6, 6.07) is -2.94. The summed E-state index contributed by atoms with van der Waals surface area (Å²) in [6.45, 7) is 1.47. The number of methoxy groups -OCH3 is 1. The molecule has 14 N–H and O–H groups in total. The van der Waals surface area contributed by atoms with E-state index in [1.54, 1.807) is 6.92 Å². The van der Waals surface area contributed by atoms with Crippen molar-refractivity contribution in [1.29, 1.82) is 0 Å². The Labute approximate surface area is 197 Å². The highest BCUT2D eigenvalue weighted by atomic mass is 16.7. The second-order valence-electron chi connectivity index (χ2n) is 8.90. The van der Waals surface area contributed by atoms with Gasteiger partial charge in [-0.3, -0.25) is 0 Å². The Morgan fingerprint density at radius 3 is 1.79 bits per heavy atom. The highest BCUT2D eigenvalue weighted by Gasteiger charge is 2.52. The Kier molecular flexibility index (Phi) is 9.57. The van der Waals surface area contributed by atoms with Gasteiger partial charge < -0.3 is 77.5 Å². The number of nitrogens with two attached hydrogens (primary N) is 5. The molecule has 0 radical (unpaired) electrons. The molecule has 0 saturated carbocycles. The van der Waals surface area contributed by atoms with Crippen LogP contribution in [0.15, 0.2) is 0 Å². The topological polar surface area (TPSA) is 266 Å². The molecule has 3 aliphatic heterocycles. The minimum Gasteiger partial charge on any atom is -0.388 e. The molecule has 15 heteroatoms. The molecule has 0 amide bonds. The van der Waals surface area contributed by atoms with Crippen molar-refractivity contribution in [1.82, 2.24) is 0 Å². The van der Waals surface area contributed by atoms with Gasteiger partial charge in [0.2, 0.25) is 0 Å². The van der Waals surface area contributed by atoms with Gasteiger partial charge in [-0.1, -0.05) is 0 Å². The highest BCUT2D eigenvalue weighted by molar-refractivity contribution is 4.99. The van der Waals surface area contributed by atoms with Crippen LogP contribution in [0.4, 0.5) is 0 Å². The Balaban J connectivity index is 1.86. The van der Waals surface area contributed by atoms with Crippen LogP contribution in [-0.2, 0) is 28.4 Å². The molecule has 0 bridgehead atoms. The Morgan fingerprint density at radius 1 is 0.647 bits per heavy atom. The molecule has 0 unspecified atom stereocenters. The van der Waals surface area contributed by atoms with Gasteiger partial charge in [-0.15, -0.1) is 0 Å². The molecule has 34 heavy (non-hydrogen) atoms. The van der Waals surface area contributed by atoms with E-state index in [1.807, 2.05) is 0 Å². The van der Waals surface area contributed by atoms with Crippen molar-refractivity contribution < 1.29 is 48.8 Å². The third kappa shape index (κ3) is 5.39. The van der Waals surface area contributed by atoms with Crippen LogP contribution in [0.3, 0.4) is 0 Å². The summed E-state index contributed by atoms with van der Waals surface area (Å²) in [7, 11) is 1.39. The largest absolute Gasteiger partial charge is 0.388 e. The maximum atomic E-state index is 10.5. The number of hydrogen-bond acceptors (Lipinski definition) is 15. The van der Waals surface area contributed by atoms with E-state index in [0.717, 1.165) is 0 Å². The van der Waals surface area contributed by atoms with E-state index < -0.39 is 91.9 Å². The minimum absolute atomic E-state index is 0.0530. The molecule has 0 aliphatic carbocycles. The molecule has 0 aromatic rings. The quantitative estimate of drug-likeness (QED) is 0.158. The van der Waals surface area contributed by atoms with Gasteiger partial charge in [0.15, 0.2) is 18.9 Å². The lowest BCUT2D eigenvalue weighted by Gasteiger charge is -2.49. The van der Waals surface area contributed by atoms with Gasteiger partial charge in [0.1, 0.15) is 48.8 Å². The Hall–Kier alpha value is -0.600. The third-order valence-corrected chi connectivity index (χ3v) is 6.63. The predicted octanol–water partition coefficient (Wildman–Crippen LogP) is -6.06. The third-order valence-electron chi connectivity index (χ3n) is 6.63. The van der Waals surface area contributed by atoms with Crippen molar-refractivity contribution in [2.24, 2.45) is 28.7 Å². The fourth-order valence-corrected chi connectivity index (χ4v) is 4.40. The van der Waals surface area contributed by atoms with Crippen molar-refractivity contribution in [3.63, 3.8) is 0 Å². The van der Waals surface area contributed by atoms with Gasteiger partial charge >= 0.3 is 0 Å². The van der Waals surface area contributed by atoms with Gasteiger partial charge in [0.05, 0.1) is 24.2 Å². The van der Waals surface area contributed by atoms with Crippen LogP contribution >= 0.6 is 0 Å². The lowest BCUT2D eigenvalue weighted by molar-refractivity contribution is -0.352. The normalized spacial score (nSPS) is 52.5. The van der Waals surface area contributed by atoms with Crippen LogP contribution in [0.25, 0.3) is 0 Å². The summed E-state index contributed by atoms with van der Waals surface area (Å²) in [5.74, 6) is 0. The Bertz CT molecular complexity index is 653. The molecule has 3 heterocycles. The van der Waals surface area contributed by atoms with Crippen LogP contribution in [0.2, 0.25) is 0 Å². The maximum Gasteiger partial charge on any atom is 0.186 e. The molecule has 15 nitrogen and oxygen atoms in total. The van der Waals surface area contributed by atoms with Crippen LogP contribution in [0, 0.1) is 0 Å². The first-order valence-corrected chi connectivity index (χ1v) is 11.2. The van der Waals surface area contributed by atoms with Crippen LogP contribution < -0.4 is 28.7 Å². The van der Waals surface area contributed by atoms with E-state index in [2.05, 4.69) is 0 Å². The van der Waals surface area contributed by atoms with Crippen molar-refractivity contribution in [3.05, 3.63) is 0 Å². The standard InChI is InChI=1S/C19H39N5O10/c1-5-8(22)12(26)14(28)19(30-5)34-16-10(24)17(29-2)32-7(4-21)15(16)33-18-9(23)13(27)11(25)6(3-20)31-18/h5-19,25-28H,3-4,20-24H2,1-2H3/t5-,6-,7-,8-,9-,10-,11-,12+,13-,14-,15-,16-,17-,18-,19+/m1/s1. The van der Waals surface area contributed by atoms with E-state index in [9.17, 15) is 20.4 Å². The smallest absolute Gasteiger partial charge is 0.186 e. The van der Waals surface area contributed by atoms with Crippen LogP contribution in [0.1, 0.15) is 6.92 Å². The monoisotopic (exact) mass is 497 g/mol. The van der Waals surface area contributed by atoms with Gasteiger partial charge in [-0.05, 0) is 6.92 Å². The molecular formula is C19H39N5O10. The van der Waals surface area contributed by atoms with E-state index in [0.29, 0.717) is 0 Å². The molecule has 15 atom stereocenters. The second-order valence-corrected chi connectivity index (χ2v) is 8.90. The van der Waals surface area contributed by atoms with Gasteiger partial charge in [-0.2, -0.15) is 0 Å². The SMILES string of the molecule is CO[C@@H]1O[C@H](CN)[C@@H](O[C@H]2O[C@H](CN)[C@@H](O)[C@H](O)[C@H]2N)[C@H](O[C@@H]2O[C@H](C)[C@@H](N)[C@H](O)[C@H]2O)[C@H]1N. The predicted molar refractivity (Wildman–Crippen MR) is 114 cm³/mol. The fraction of sp³-hybridized carbons (Fsp3) is 1.00. The number of aliphatic hydroxyl groups is 4. The zero-order chi connectivity index (χ0) is 25.3. The second kappa shape index (κ2) is 11.6. The van der Waals surface area contributed by atoms with Gasteiger partial charge in [0.25, 0.3) is 0 Å². The minimum atomic E-state index is -1.48. The molecule has 3 saturated heterocycles. The lowest BCUT2D eigenvalue weighted by Crippen LogP contribution is -2.70. The average Bonchev–Trinajstić information content (AvgIpc) is 2.83. The number of hydrogen-bond donors (Lipinski definition) is 9. The number of ether oxygens (including phenoxy) is 6. The summed E-state index contributed by atoms with van der Waals surface area (Å²) in [5.41, 5.74) is 29.8. The summed E-state index contributed by atoms with van der Waals surface area (Å²) in [6.07, 6.45) is -13.5. The highest BCUT2D eigenvalue weighted by Crippen LogP contribution is 2.32. The fourth-order valence-electron chi connectivity index (χ4n) is 4.40. The van der Waals surface area contributed by atoms with Gasteiger partial charge in [-0.25, -0.2) is 0 Å². The van der Waals surface area contributed by atoms with Crippen LogP contribution in [0.5, 0.6) is 0 Å². The van der Waals surface area contributed by atoms with Crippen molar-refractivity contribution in [2.45, 2.75) is 98.9 Å². The first-order chi connectivity index (χ1) is 16.0. The summed E-state index contributed by atoms with van der Waals surface area (Å²) in [5, 5.41) is 41.2. The molecule has 3 fully saturated rings. The maximum absolute atomic E-state index is 10.5. The van der Waals surface area contributed by atoms with E-state index in [1.165, 1.54) is 7.11 Å². The molecule has 3 aliphatic rings. The van der Waals surface area contributed by atoms with E-state index in [-0.39, 0.29) is 13.1 Å². The summed E-state index contributed by atoms with van der Waals surface area (Å²) >= 11 is 0. The first-order valence-electron chi connectivity index (χ1n) is 11.2. The number of aliphatic hydroxyl groups excluding tert-OH is 4. The number of rotatable bonds is 7. The molecule has 0 spiro atoms. The molecule has 3 rings (SSSR count). The summed E-state index contributed by atoms with van der Waals surface area (Å²) in [4.78, 5) is 0. The van der Waals surface area contributed by atoms with Crippen molar-refractivity contribution in [2.75, 3.05) is 20.2 Å². The lowest BCUT2D eigenvalue weighted by atomic mass is 9.94. The first kappa shape index (κ1) is 28.0. The zero-order valence-electron chi connectivity index (χ0n) is 19.2. The zero-order valence-corrected chi connectivity index (χ0v) is 19.2. The average molecular weight is 498 g/mol. The Morgan fingerprint density at radius 2 is 1.21 bits per heavy atom. The van der Waals surface area contributed by atoms with E-state index in [4.69, 9.17) is 57.1 Å².